The van der Waals surface area contributed by atoms with Crippen LogP contribution in [0, 0.1) is 11.3 Å². The Hall–Kier alpha value is -1.61. The number of nitrogens with one attached hydrogen (secondary N) is 1. The quantitative estimate of drug-likeness (QED) is 0.436. The molecule has 0 spiro atoms. The van der Waals surface area contributed by atoms with Crippen LogP contribution in [0.2, 0.25) is 0 Å². The van der Waals surface area contributed by atoms with Gasteiger partial charge in [0, 0.05) is 0 Å². The highest BCUT2D eigenvalue weighted by atomic mass is 16.4. The fourth-order valence-electron chi connectivity index (χ4n) is 0.595. The lowest BCUT2D eigenvalue weighted by Gasteiger charge is -2.32. The molecule has 72 valence electrons. The van der Waals surface area contributed by atoms with E-state index in [1.54, 1.807) is 0 Å². The standard InChI is InChI=1S/C5H8N2.C2H2O4/c1-5(4-6)2-3-7-5;3-1(4)2(5)6/h7H,2-3H2,1H3;(H,3,4)(H,5,6)/t5-;/m1./s1. The van der Waals surface area contributed by atoms with Gasteiger partial charge in [0.05, 0.1) is 6.07 Å². The maximum Gasteiger partial charge on any atom is 0.414 e. The molecule has 6 nitrogen and oxygen atoms in total. The first-order valence-corrected chi connectivity index (χ1v) is 3.54. The van der Waals surface area contributed by atoms with Gasteiger partial charge in [0.25, 0.3) is 0 Å². The first-order chi connectivity index (χ1) is 5.91. The third kappa shape index (κ3) is 4.08. The third-order valence-electron chi connectivity index (χ3n) is 1.57. The van der Waals surface area contributed by atoms with Crippen molar-refractivity contribution in [2.24, 2.45) is 0 Å². The Kier molecular flexibility index (Phi) is 3.88. The van der Waals surface area contributed by atoms with E-state index in [1.807, 2.05) is 6.92 Å². The largest absolute Gasteiger partial charge is 0.473 e. The Morgan fingerprint density at radius 1 is 1.46 bits per heavy atom. The topological polar surface area (TPSA) is 110 Å². The van der Waals surface area contributed by atoms with E-state index in [9.17, 15) is 0 Å². The molecule has 1 aliphatic rings. The summed E-state index contributed by atoms with van der Waals surface area (Å²) in [6, 6.07) is 2.17. The molecule has 0 aliphatic carbocycles. The average Bonchev–Trinajstić information content (AvgIpc) is 2.01. The highest BCUT2D eigenvalue weighted by molar-refractivity contribution is 6.27. The predicted molar refractivity (Wildman–Crippen MR) is 41.9 cm³/mol. The molecule has 3 N–H and O–H groups in total. The van der Waals surface area contributed by atoms with Gasteiger partial charge in [0.2, 0.25) is 0 Å². The molecule has 1 saturated heterocycles. The van der Waals surface area contributed by atoms with E-state index in [0.717, 1.165) is 13.0 Å². The summed E-state index contributed by atoms with van der Waals surface area (Å²) in [5, 5.41) is 26.1. The van der Waals surface area contributed by atoms with Gasteiger partial charge in [-0.3, -0.25) is 5.32 Å². The van der Waals surface area contributed by atoms with Gasteiger partial charge in [-0.1, -0.05) is 0 Å². The van der Waals surface area contributed by atoms with E-state index in [0.29, 0.717) is 0 Å². The molecule has 0 aromatic carbocycles. The van der Waals surface area contributed by atoms with Crippen LogP contribution in [0.3, 0.4) is 0 Å². The number of nitriles is 1. The summed E-state index contributed by atoms with van der Waals surface area (Å²) >= 11 is 0. The van der Waals surface area contributed by atoms with Crippen LogP contribution in [-0.4, -0.2) is 34.2 Å². The average molecular weight is 186 g/mol. The zero-order valence-corrected chi connectivity index (χ0v) is 7.07. The third-order valence-corrected chi connectivity index (χ3v) is 1.57. The minimum absolute atomic E-state index is 0.181. The summed E-state index contributed by atoms with van der Waals surface area (Å²) in [4.78, 5) is 18.2. The first kappa shape index (κ1) is 11.4. The first-order valence-electron chi connectivity index (χ1n) is 3.54. The number of hydrogen-bond acceptors (Lipinski definition) is 4. The molecular weight excluding hydrogens is 176 g/mol. The zero-order chi connectivity index (χ0) is 10.5. The van der Waals surface area contributed by atoms with Gasteiger partial charge < -0.3 is 10.2 Å². The summed E-state index contributed by atoms with van der Waals surface area (Å²) in [5.74, 6) is -3.65. The Morgan fingerprint density at radius 2 is 1.85 bits per heavy atom. The molecule has 0 unspecified atom stereocenters. The highest BCUT2D eigenvalue weighted by Gasteiger charge is 2.30. The SMILES string of the molecule is C[C@]1(C#N)CCN1.O=C(O)C(=O)O. The molecule has 1 rings (SSSR count). The van der Waals surface area contributed by atoms with Crippen molar-refractivity contribution in [1.82, 2.24) is 5.32 Å². The van der Waals surface area contributed by atoms with Gasteiger partial charge in [-0.25, -0.2) is 9.59 Å². The van der Waals surface area contributed by atoms with Crippen molar-refractivity contribution in [3.63, 3.8) is 0 Å². The van der Waals surface area contributed by atoms with Gasteiger partial charge in [-0.15, -0.1) is 0 Å². The molecule has 1 heterocycles. The number of aliphatic carboxylic acids is 2. The summed E-state index contributed by atoms with van der Waals surface area (Å²) in [6.45, 7) is 2.92. The van der Waals surface area contributed by atoms with Gasteiger partial charge in [-0.05, 0) is 19.9 Å². The number of nitrogens with zero attached hydrogens (tertiary/aromatic N) is 1. The van der Waals surface area contributed by atoms with E-state index in [-0.39, 0.29) is 5.54 Å². The van der Waals surface area contributed by atoms with Crippen LogP contribution >= 0.6 is 0 Å². The van der Waals surface area contributed by atoms with Gasteiger partial charge in [-0.2, -0.15) is 5.26 Å². The number of carbonyl (C=O) groups is 2. The fourth-order valence-corrected chi connectivity index (χ4v) is 0.595. The molecule has 6 heteroatoms. The molecule has 0 bridgehead atoms. The second-order valence-electron chi connectivity index (χ2n) is 2.73. The van der Waals surface area contributed by atoms with Crippen molar-refractivity contribution in [2.75, 3.05) is 6.54 Å². The van der Waals surface area contributed by atoms with Crippen LogP contribution in [0.5, 0.6) is 0 Å². The van der Waals surface area contributed by atoms with E-state index in [4.69, 9.17) is 25.1 Å². The van der Waals surface area contributed by atoms with Crippen LogP contribution in [0.25, 0.3) is 0 Å². The second kappa shape index (κ2) is 4.42. The van der Waals surface area contributed by atoms with Crippen molar-refractivity contribution in [2.45, 2.75) is 18.9 Å². The van der Waals surface area contributed by atoms with Crippen LogP contribution in [0.15, 0.2) is 0 Å². The molecule has 1 fully saturated rings. The molecule has 0 aromatic heterocycles. The second-order valence-corrected chi connectivity index (χ2v) is 2.73. The summed E-state index contributed by atoms with van der Waals surface area (Å²) in [7, 11) is 0. The maximum atomic E-state index is 9.10. The van der Waals surface area contributed by atoms with E-state index in [1.165, 1.54) is 0 Å². The maximum absolute atomic E-state index is 9.10. The van der Waals surface area contributed by atoms with Crippen molar-refractivity contribution in [3.8, 4) is 6.07 Å². The van der Waals surface area contributed by atoms with E-state index < -0.39 is 11.9 Å². The highest BCUT2D eigenvalue weighted by Crippen LogP contribution is 2.14. The predicted octanol–water partition coefficient (Wildman–Crippen LogP) is -0.582. The number of carboxylic acid groups (broad SMARTS) is 2. The van der Waals surface area contributed by atoms with Crippen LogP contribution in [-0.2, 0) is 9.59 Å². The van der Waals surface area contributed by atoms with Crippen LogP contribution < -0.4 is 5.32 Å². The molecule has 0 amide bonds. The van der Waals surface area contributed by atoms with Crippen molar-refractivity contribution in [3.05, 3.63) is 0 Å². The summed E-state index contributed by atoms with van der Waals surface area (Å²) in [6.07, 6.45) is 1.00. The van der Waals surface area contributed by atoms with E-state index >= 15 is 0 Å². The van der Waals surface area contributed by atoms with Crippen molar-refractivity contribution >= 4 is 11.9 Å². The smallest absolute Gasteiger partial charge is 0.414 e. The minimum atomic E-state index is -1.82. The van der Waals surface area contributed by atoms with E-state index in [2.05, 4.69) is 11.4 Å². The Bertz CT molecular complexity index is 240. The van der Waals surface area contributed by atoms with Crippen LogP contribution in [0.1, 0.15) is 13.3 Å². The molecule has 0 saturated carbocycles. The van der Waals surface area contributed by atoms with Crippen LogP contribution in [0.4, 0.5) is 0 Å². The van der Waals surface area contributed by atoms with Crippen molar-refractivity contribution in [1.29, 1.82) is 5.26 Å². The normalized spacial score (nSPS) is 24.3. The zero-order valence-electron chi connectivity index (χ0n) is 7.07. The summed E-state index contributed by atoms with van der Waals surface area (Å²) in [5.41, 5.74) is -0.181. The Morgan fingerprint density at radius 3 is 1.85 bits per heavy atom. The molecule has 0 radical (unpaired) electrons. The molecule has 1 atom stereocenters. The minimum Gasteiger partial charge on any atom is -0.473 e. The Balaban J connectivity index is 0.000000226. The number of hydrogen-bond donors (Lipinski definition) is 3. The number of rotatable bonds is 0. The molecule has 0 aromatic rings. The number of carboxylic acids is 2. The summed E-state index contributed by atoms with van der Waals surface area (Å²) < 4.78 is 0. The monoisotopic (exact) mass is 186 g/mol. The lowest BCUT2D eigenvalue weighted by Crippen LogP contribution is -2.53. The lowest BCUT2D eigenvalue weighted by molar-refractivity contribution is -0.159. The van der Waals surface area contributed by atoms with Gasteiger partial charge >= 0.3 is 11.9 Å². The Labute approximate surface area is 74.8 Å². The fraction of sp³-hybridized carbons (Fsp3) is 0.571. The van der Waals surface area contributed by atoms with Crippen molar-refractivity contribution < 1.29 is 19.8 Å². The molecule has 1 aliphatic heterocycles. The molecular formula is C7H10N2O4. The van der Waals surface area contributed by atoms with Gasteiger partial charge in [0.15, 0.2) is 0 Å². The lowest BCUT2D eigenvalue weighted by atomic mass is 9.93. The van der Waals surface area contributed by atoms with Gasteiger partial charge in [0.1, 0.15) is 5.54 Å². The molecule has 13 heavy (non-hydrogen) atoms.